The van der Waals surface area contributed by atoms with E-state index in [9.17, 15) is 0 Å². The average Bonchev–Trinajstić information content (AvgIpc) is 3.17. The SMILES string of the molecule is C=C1NC2C=CC(c3cccc(C4=NC(c5ccccc5)=NC(c5ccccc5)N4)c3)=CN2Sc2ccccc21. The van der Waals surface area contributed by atoms with Crippen molar-refractivity contribution in [3.8, 4) is 0 Å². The van der Waals surface area contributed by atoms with Crippen LogP contribution < -0.4 is 10.6 Å². The fourth-order valence-electron chi connectivity index (χ4n) is 5.04. The molecule has 5 nitrogen and oxygen atoms in total. The highest BCUT2D eigenvalue weighted by atomic mass is 32.2. The highest BCUT2D eigenvalue weighted by Crippen LogP contribution is 2.37. The van der Waals surface area contributed by atoms with Crippen molar-refractivity contribution in [3.05, 3.63) is 162 Å². The zero-order chi connectivity index (χ0) is 26.9. The zero-order valence-corrected chi connectivity index (χ0v) is 22.6. The lowest BCUT2D eigenvalue weighted by molar-refractivity contribution is 0.484. The number of hydrogen-bond acceptors (Lipinski definition) is 6. The third-order valence-electron chi connectivity index (χ3n) is 7.10. The molecule has 2 atom stereocenters. The highest BCUT2D eigenvalue weighted by molar-refractivity contribution is 7.97. The maximum Gasteiger partial charge on any atom is 0.159 e. The van der Waals surface area contributed by atoms with Crippen LogP contribution in [0, 0.1) is 0 Å². The first-order chi connectivity index (χ1) is 19.7. The second-order valence-electron chi connectivity index (χ2n) is 9.78. The Morgan fingerprint density at radius 1 is 0.750 bits per heavy atom. The van der Waals surface area contributed by atoms with E-state index in [-0.39, 0.29) is 12.3 Å². The minimum Gasteiger partial charge on any atom is -0.361 e. The summed E-state index contributed by atoms with van der Waals surface area (Å²) >= 11 is 1.72. The lowest BCUT2D eigenvalue weighted by atomic mass is 10.0. The summed E-state index contributed by atoms with van der Waals surface area (Å²) < 4.78 is 2.25. The van der Waals surface area contributed by atoms with Crippen LogP contribution in [0.1, 0.15) is 34.0 Å². The topological polar surface area (TPSA) is 52.0 Å². The van der Waals surface area contributed by atoms with E-state index in [0.29, 0.717) is 0 Å². The maximum absolute atomic E-state index is 4.98. The van der Waals surface area contributed by atoms with Gasteiger partial charge in [0.2, 0.25) is 0 Å². The van der Waals surface area contributed by atoms with Gasteiger partial charge in [0.15, 0.2) is 5.84 Å². The second kappa shape index (κ2) is 10.4. The fourth-order valence-corrected chi connectivity index (χ4v) is 6.09. The van der Waals surface area contributed by atoms with Gasteiger partial charge in [0.25, 0.3) is 0 Å². The largest absolute Gasteiger partial charge is 0.361 e. The van der Waals surface area contributed by atoms with E-state index >= 15 is 0 Å². The molecule has 0 bridgehead atoms. The number of hydrogen-bond donors (Lipinski definition) is 2. The number of amidine groups is 2. The van der Waals surface area contributed by atoms with Crippen molar-refractivity contribution in [2.45, 2.75) is 17.2 Å². The average molecular weight is 538 g/mol. The van der Waals surface area contributed by atoms with Crippen LogP contribution in [-0.4, -0.2) is 22.1 Å². The van der Waals surface area contributed by atoms with Gasteiger partial charge in [-0.3, -0.25) is 4.31 Å². The molecule has 2 N–H and O–H groups in total. The number of rotatable bonds is 4. The van der Waals surface area contributed by atoms with Gasteiger partial charge in [-0.1, -0.05) is 110 Å². The van der Waals surface area contributed by atoms with E-state index in [2.05, 4.69) is 113 Å². The molecule has 0 aromatic heterocycles. The van der Waals surface area contributed by atoms with Gasteiger partial charge in [-0.05, 0) is 46.9 Å². The van der Waals surface area contributed by atoms with Crippen LogP contribution in [-0.2, 0) is 0 Å². The summed E-state index contributed by atoms with van der Waals surface area (Å²) in [6.07, 6.45) is 6.37. The Kier molecular flexibility index (Phi) is 6.30. The Bertz CT molecular complexity index is 1700. The summed E-state index contributed by atoms with van der Waals surface area (Å²) in [5.41, 5.74) is 7.42. The molecule has 194 valence electrons. The summed E-state index contributed by atoms with van der Waals surface area (Å²) in [7, 11) is 0. The number of fused-ring (bicyclic) bond motifs is 2. The Labute approximate surface area is 238 Å². The van der Waals surface area contributed by atoms with Crippen molar-refractivity contribution in [2.24, 2.45) is 9.98 Å². The number of nitrogens with one attached hydrogen (secondary N) is 2. The molecule has 7 rings (SSSR count). The second-order valence-corrected chi connectivity index (χ2v) is 10.8. The lowest BCUT2D eigenvalue weighted by Crippen LogP contribution is -2.36. The van der Waals surface area contributed by atoms with Gasteiger partial charge in [-0.15, -0.1) is 0 Å². The van der Waals surface area contributed by atoms with Gasteiger partial charge in [0.05, 0.1) is 0 Å². The van der Waals surface area contributed by atoms with Crippen LogP contribution in [0.25, 0.3) is 11.3 Å². The van der Waals surface area contributed by atoms with Crippen LogP contribution in [0.5, 0.6) is 0 Å². The molecule has 0 aliphatic carbocycles. The lowest BCUT2D eigenvalue weighted by Gasteiger charge is -2.30. The standard InChI is InChI=1S/C34H27N5S/c1-23-29-17-8-9-18-30(29)40-39-22-28(19-20-31(39)35-23)26-15-10-16-27(21-26)34-37-32(24-11-4-2-5-12-24)36-33(38-34)25-13-6-3-7-14-25/h2-22,31-32,35H,1H2,(H,36,37,38). The molecule has 3 aliphatic rings. The third kappa shape index (κ3) is 4.74. The minimum absolute atomic E-state index is 0.0255. The molecule has 0 saturated heterocycles. The van der Waals surface area contributed by atoms with E-state index < -0.39 is 0 Å². The van der Waals surface area contributed by atoms with Gasteiger partial charge in [0, 0.05) is 33.5 Å². The molecule has 6 heteroatoms. The van der Waals surface area contributed by atoms with Gasteiger partial charge in [0.1, 0.15) is 18.2 Å². The van der Waals surface area contributed by atoms with Crippen molar-refractivity contribution in [3.63, 3.8) is 0 Å². The van der Waals surface area contributed by atoms with Crippen molar-refractivity contribution < 1.29 is 0 Å². The van der Waals surface area contributed by atoms with Crippen molar-refractivity contribution >= 4 is 34.9 Å². The van der Waals surface area contributed by atoms with Crippen LogP contribution in [0.2, 0.25) is 0 Å². The van der Waals surface area contributed by atoms with E-state index in [1.54, 1.807) is 11.9 Å². The van der Waals surface area contributed by atoms with E-state index in [1.165, 1.54) is 4.90 Å². The number of aliphatic imine (C=N–C) groups is 2. The first kappa shape index (κ1) is 24.2. The Balaban J connectivity index is 1.22. The molecule has 2 unspecified atom stereocenters. The molecular formula is C34H27N5S. The smallest absolute Gasteiger partial charge is 0.159 e. The van der Waals surface area contributed by atoms with Gasteiger partial charge >= 0.3 is 0 Å². The molecule has 40 heavy (non-hydrogen) atoms. The van der Waals surface area contributed by atoms with Crippen LogP contribution in [0.15, 0.2) is 149 Å². The first-order valence-corrected chi connectivity index (χ1v) is 14.0. The first-order valence-electron chi connectivity index (χ1n) is 13.3. The number of nitrogens with zero attached hydrogens (tertiary/aromatic N) is 3. The van der Waals surface area contributed by atoms with Crippen molar-refractivity contribution in [1.29, 1.82) is 0 Å². The van der Waals surface area contributed by atoms with Crippen LogP contribution >= 0.6 is 11.9 Å². The number of benzene rings is 4. The van der Waals surface area contributed by atoms with E-state index in [4.69, 9.17) is 9.98 Å². The van der Waals surface area contributed by atoms with Gasteiger partial charge < -0.3 is 10.6 Å². The summed E-state index contributed by atoms with van der Waals surface area (Å²) in [6.45, 7) is 4.27. The Morgan fingerprint density at radius 2 is 1.48 bits per heavy atom. The Morgan fingerprint density at radius 3 is 2.33 bits per heavy atom. The zero-order valence-electron chi connectivity index (χ0n) is 21.7. The minimum atomic E-state index is -0.227. The van der Waals surface area contributed by atoms with Crippen LogP contribution in [0.3, 0.4) is 0 Å². The van der Waals surface area contributed by atoms with Gasteiger partial charge in [-0.25, -0.2) is 9.98 Å². The Hall–Kier alpha value is -4.81. The molecule has 4 aromatic rings. The molecule has 3 heterocycles. The molecular weight excluding hydrogens is 510 g/mol. The van der Waals surface area contributed by atoms with E-state index in [1.807, 2.05) is 36.4 Å². The summed E-state index contributed by atoms with van der Waals surface area (Å²) in [5, 5.41) is 7.13. The summed E-state index contributed by atoms with van der Waals surface area (Å²) in [6, 6.07) is 37.4. The fraction of sp³-hybridized carbons (Fsp3) is 0.0588. The molecule has 0 spiro atoms. The van der Waals surface area contributed by atoms with Crippen molar-refractivity contribution in [1.82, 2.24) is 14.9 Å². The predicted octanol–water partition coefficient (Wildman–Crippen LogP) is 7.00. The quantitative estimate of drug-likeness (QED) is 0.275. The highest BCUT2D eigenvalue weighted by Gasteiger charge is 2.26. The summed E-state index contributed by atoms with van der Waals surface area (Å²) in [4.78, 5) is 11.1. The number of allylic oxidation sites excluding steroid dienone is 2. The molecule has 0 saturated carbocycles. The predicted molar refractivity (Wildman–Crippen MR) is 165 cm³/mol. The molecule has 4 aromatic carbocycles. The molecule has 0 radical (unpaired) electrons. The maximum atomic E-state index is 4.98. The van der Waals surface area contributed by atoms with Gasteiger partial charge in [-0.2, -0.15) is 0 Å². The normalized spacial score (nSPS) is 19.6. The van der Waals surface area contributed by atoms with Crippen molar-refractivity contribution in [2.75, 3.05) is 0 Å². The van der Waals surface area contributed by atoms with E-state index in [0.717, 1.165) is 50.8 Å². The monoisotopic (exact) mass is 537 g/mol. The molecule has 0 fully saturated rings. The summed E-state index contributed by atoms with van der Waals surface area (Å²) in [5.74, 6) is 1.53. The molecule has 0 amide bonds. The third-order valence-corrected chi connectivity index (χ3v) is 8.19. The molecule has 3 aliphatic heterocycles. The van der Waals surface area contributed by atoms with Crippen LogP contribution in [0.4, 0.5) is 0 Å².